The molecule has 11 nitrogen and oxygen atoms in total. The van der Waals surface area contributed by atoms with Gasteiger partial charge in [-0.2, -0.15) is 5.26 Å². The summed E-state index contributed by atoms with van der Waals surface area (Å²) in [4.78, 5) is 52.9. The van der Waals surface area contributed by atoms with Crippen LogP contribution >= 0.6 is 0 Å². The highest BCUT2D eigenvalue weighted by Gasteiger charge is 2.36. The number of rotatable bonds is 11. The average molecular weight is 552 g/mol. The number of amides is 4. The number of carbonyl (C=O) groups is 4. The van der Waals surface area contributed by atoms with Crippen LogP contribution in [-0.2, 0) is 19.1 Å². The Morgan fingerprint density at radius 3 is 2.15 bits per heavy atom. The summed E-state index contributed by atoms with van der Waals surface area (Å²) in [5, 5.41) is 15.0. The van der Waals surface area contributed by atoms with Crippen LogP contribution in [-0.4, -0.2) is 54.0 Å². The molecule has 0 aromatic heterocycles. The Morgan fingerprint density at radius 1 is 1.05 bits per heavy atom. The van der Waals surface area contributed by atoms with Gasteiger partial charge in [-0.25, -0.2) is 4.79 Å². The van der Waals surface area contributed by atoms with Gasteiger partial charge in [-0.15, -0.1) is 0 Å². The molecule has 2 aromatic carbocycles. The number of hydrogen-bond donors (Lipinski definition) is 3. The van der Waals surface area contributed by atoms with Gasteiger partial charge in [0.1, 0.15) is 30.0 Å². The first-order valence-corrected chi connectivity index (χ1v) is 12.7. The summed E-state index contributed by atoms with van der Waals surface area (Å²) in [5.74, 6) is -1.42. The molecule has 11 heteroatoms. The van der Waals surface area contributed by atoms with E-state index in [9.17, 15) is 24.4 Å². The number of aryl methyl sites for hydroxylation is 2. The molecule has 0 aliphatic rings. The van der Waals surface area contributed by atoms with Gasteiger partial charge < -0.3 is 30.7 Å². The molecule has 0 aliphatic heterocycles. The molecule has 0 aliphatic carbocycles. The van der Waals surface area contributed by atoms with Crippen LogP contribution in [0.5, 0.6) is 5.75 Å². The van der Waals surface area contributed by atoms with Gasteiger partial charge in [0.25, 0.3) is 5.91 Å². The zero-order valence-corrected chi connectivity index (χ0v) is 23.7. The molecule has 0 fully saturated rings. The predicted molar refractivity (Wildman–Crippen MR) is 149 cm³/mol. The summed E-state index contributed by atoms with van der Waals surface area (Å²) in [6.45, 7) is 8.21. The second-order valence-electron chi connectivity index (χ2n) is 10.4. The molecule has 40 heavy (non-hydrogen) atoms. The monoisotopic (exact) mass is 551 g/mol. The molecular weight excluding hydrogens is 514 g/mol. The molecule has 4 N–H and O–H groups in total. The lowest BCUT2D eigenvalue weighted by molar-refractivity contribution is -0.140. The fourth-order valence-electron chi connectivity index (χ4n) is 4.09. The molecule has 0 heterocycles. The number of nitriles is 1. The zero-order chi connectivity index (χ0) is 30.0. The Bertz CT molecular complexity index is 1240. The van der Waals surface area contributed by atoms with Crippen LogP contribution in [0.15, 0.2) is 42.5 Å². The fraction of sp³-hybridized carbons (Fsp3) is 0.414. The summed E-state index contributed by atoms with van der Waals surface area (Å²) in [6, 6.07) is 11.5. The minimum absolute atomic E-state index is 0.158. The number of carbonyl (C=O) groups excluding carboxylic acids is 4. The van der Waals surface area contributed by atoms with Crippen molar-refractivity contribution in [2.45, 2.75) is 65.1 Å². The Labute approximate surface area is 234 Å². The Morgan fingerprint density at radius 2 is 1.65 bits per heavy atom. The molecule has 0 saturated heterocycles. The lowest BCUT2D eigenvalue weighted by Gasteiger charge is -2.33. The summed E-state index contributed by atoms with van der Waals surface area (Å²) in [7, 11) is 1.52. The van der Waals surface area contributed by atoms with E-state index >= 15 is 0 Å². The molecule has 2 atom stereocenters. The third-order valence-corrected chi connectivity index (χ3v) is 5.67. The van der Waals surface area contributed by atoms with Gasteiger partial charge in [0, 0.05) is 12.1 Å². The van der Waals surface area contributed by atoms with Crippen LogP contribution in [0.25, 0.3) is 0 Å². The van der Waals surface area contributed by atoms with Crippen LogP contribution in [0.4, 0.5) is 10.5 Å². The topological polar surface area (TPSA) is 164 Å². The summed E-state index contributed by atoms with van der Waals surface area (Å²) >= 11 is 0. The first kappa shape index (κ1) is 31.6. The lowest BCUT2D eigenvalue weighted by Crippen LogP contribution is -2.52. The van der Waals surface area contributed by atoms with Crippen molar-refractivity contribution in [1.82, 2.24) is 10.2 Å². The number of methoxy groups -OCH3 is 1. The number of nitrogens with zero attached hydrogens (tertiary/aromatic N) is 2. The van der Waals surface area contributed by atoms with Crippen molar-refractivity contribution < 1.29 is 28.7 Å². The van der Waals surface area contributed by atoms with Gasteiger partial charge in [-0.05, 0) is 70.9 Å². The minimum atomic E-state index is -1.29. The van der Waals surface area contributed by atoms with E-state index in [0.717, 1.165) is 16.0 Å². The molecular formula is C29H37N5O6. The number of anilines is 1. The van der Waals surface area contributed by atoms with Gasteiger partial charge >= 0.3 is 6.09 Å². The number of ether oxygens (including phenoxy) is 2. The summed E-state index contributed by atoms with van der Waals surface area (Å²) in [5.41, 5.74) is 7.07. The fourth-order valence-corrected chi connectivity index (χ4v) is 4.09. The van der Waals surface area contributed by atoms with Gasteiger partial charge in [0.05, 0.1) is 13.2 Å². The van der Waals surface area contributed by atoms with Gasteiger partial charge in [-0.3, -0.25) is 14.4 Å². The van der Waals surface area contributed by atoms with Crippen molar-refractivity contribution in [2.75, 3.05) is 19.0 Å². The third kappa shape index (κ3) is 9.62. The van der Waals surface area contributed by atoms with E-state index in [-0.39, 0.29) is 12.8 Å². The Kier molecular flexibility index (Phi) is 11.1. The smallest absolute Gasteiger partial charge is 0.408 e. The maximum atomic E-state index is 13.9. The van der Waals surface area contributed by atoms with Crippen molar-refractivity contribution in [1.29, 1.82) is 5.26 Å². The Balaban J connectivity index is 2.54. The lowest BCUT2D eigenvalue weighted by atomic mass is 9.98. The number of alkyl carbamates (subject to hydrolysis) is 1. The van der Waals surface area contributed by atoms with Crippen LogP contribution < -0.4 is 21.1 Å². The van der Waals surface area contributed by atoms with Crippen molar-refractivity contribution in [3.63, 3.8) is 0 Å². The van der Waals surface area contributed by atoms with Crippen LogP contribution in [0.1, 0.15) is 56.3 Å². The molecule has 4 amide bonds. The van der Waals surface area contributed by atoms with Crippen LogP contribution in [0, 0.1) is 25.2 Å². The number of nitrogens with one attached hydrogen (secondary N) is 2. The molecule has 2 rings (SSSR count). The largest absolute Gasteiger partial charge is 0.497 e. The minimum Gasteiger partial charge on any atom is -0.497 e. The maximum Gasteiger partial charge on any atom is 0.408 e. The molecule has 0 saturated carbocycles. The van der Waals surface area contributed by atoms with Crippen LogP contribution in [0.3, 0.4) is 0 Å². The van der Waals surface area contributed by atoms with E-state index in [2.05, 4.69) is 10.6 Å². The molecule has 2 unspecified atom stereocenters. The summed E-state index contributed by atoms with van der Waals surface area (Å²) < 4.78 is 10.5. The van der Waals surface area contributed by atoms with Crippen molar-refractivity contribution in [2.24, 2.45) is 5.73 Å². The number of hydrogen-bond acceptors (Lipinski definition) is 7. The first-order chi connectivity index (χ1) is 18.7. The van der Waals surface area contributed by atoms with E-state index in [1.54, 1.807) is 57.2 Å². The Hall–Kier alpha value is -4.59. The van der Waals surface area contributed by atoms with Gasteiger partial charge in [0.2, 0.25) is 11.8 Å². The van der Waals surface area contributed by atoms with E-state index < -0.39 is 48.0 Å². The SMILES string of the molecule is COc1ccc(NC(=O)C(c2cc(C)cc(C)c2)N(CC#N)C(=O)C(CCC(N)=O)NC(=O)OC(C)(C)C)cc1. The number of benzene rings is 2. The van der Waals surface area contributed by atoms with Crippen molar-refractivity contribution >= 4 is 29.5 Å². The average Bonchev–Trinajstić information content (AvgIpc) is 2.84. The first-order valence-electron chi connectivity index (χ1n) is 12.7. The second kappa shape index (κ2) is 14.0. The standard InChI is InChI=1S/C29H37N5O6/c1-18-15-19(2)17-20(16-18)25(26(36)32-21-7-9-22(39-6)10-8-21)34(14-13-30)27(37)23(11-12-24(31)35)33-28(38)40-29(3,4)5/h7-10,15-17,23,25H,11-12,14H2,1-6H3,(H2,31,35)(H,32,36)(H,33,38). The molecule has 214 valence electrons. The second-order valence-corrected chi connectivity index (χ2v) is 10.4. The molecule has 0 radical (unpaired) electrons. The zero-order valence-electron chi connectivity index (χ0n) is 23.7. The maximum absolute atomic E-state index is 13.9. The van der Waals surface area contributed by atoms with Crippen LogP contribution in [0.2, 0.25) is 0 Å². The predicted octanol–water partition coefficient (Wildman–Crippen LogP) is 3.50. The van der Waals surface area contributed by atoms with Crippen molar-refractivity contribution in [3.05, 3.63) is 59.2 Å². The normalized spacial score (nSPS) is 12.3. The molecule has 2 aromatic rings. The van der Waals surface area contributed by atoms with Gasteiger partial charge in [0.15, 0.2) is 0 Å². The summed E-state index contributed by atoms with van der Waals surface area (Å²) in [6.07, 6.45) is -1.27. The van der Waals surface area contributed by atoms with E-state index in [0.29, 0.717) is 17.0 Å². The quantitative estimate of drug-likeness (QED) is 0.360. The van der Waals surface area contributed by atoms with E-state index in [1.165, 1.54) is 7.11 Å². The highest BCUT2D eigenvalue weighted by molar-refractivity contribution is 5.99. The molecule has 0 spiro atoms. The third-order valence-electron chi connectivity index (χ3n) is 5.67. The highest BCUT2D eigenvalue weighted by atomic mass is 16.6. The van der Waals surface area contributed by atoms with Gasteiger partial charge in [-0.1, -0.05) is 29.3 Å². The van der Waals surface area contributed by atoms with Crippen molar-refractivity contribution in [3.8, 4) is 11.8 Å². The van der Waals surface area contributed by atoms with E-state index in [1.807, 2.05) is 26.0 Å². The van der Waals surface area contributed by atoms with E-state index in [4.69, 9.17) is 15.2 Å². The number of nitrogens with two attached hydrogens (primary N) is 1. The molecule has 0 bridgehead atoms. The number of primary amides is 1. The highest BCUT2D eigenvalue weighted by Crippen LogP contribution is 2.27.